The minimum Gasteiger partial charge on any atom is -0.482 e. The van der Waals surface area contributed by atoms with Gasteiger partial charge in [0.2, 0.25) is 10.0 Å². The van der Waals surface area contributed by atoms with Crippen LogP contribution >= 0.6 is 0 Å². The molecular formula is C19H26N2O5S. The summed E-state index contributed by atoms with van der Waals surface area (Å²) in [6.45, 7) is 5.20. The maximum atomic E-state index is 12.2. The number of primary sulfonamides is 1. The van der Waals surface area contributed by atoms with Gasteiger partial charge in [-0.1, -0.05) is 31.6 Å². The highest BCUT2D eigenvalue weighted by Crippen LogP contribution is 2.38. The fourth-order valence-corrected chi connectivity index (χ4v) is 3.57. The van der Waals surface area contributed by atoms with Gasteiger partial charge in [-0.3, -0.25) is 0 Å². The van der Waals surface area contributed by atoms with Crippen LogP contribution in [-0.4, -0.2) is 38.7 Å². The van der Waals surface area contributed by atoms with E-state index in [-0.39, 0.29) is 22.3 Å². The number of carboxylic acids is 1. The monoisotopic (exact) mass is 394 g/mol. The lowest BCUT2D eigenvalue weighted by Gasteiger charge is -2.28. The fourth-order valence-electron chi connectivity index (χ4n) is 2.87. The van der Waals surface area contributed by atoms with Gasteiger partial charge in [0.1, 0.15) is 11.0 Å². The average Bonchev–Trinajstić information content (AvgIpc) is 2.62. The van der Waals surface area contributed by atoms with Crippen LogP contribution in [0.4, 0.5) is 5.69 Å². The smallest absolute Gasteiger partial charge is 0.335 e. The van der Waals surface area contributed by atoms with Gasteiger partial charge in [0.15, 0.2) is 5.75 Å². The molecule has 0 saturated carbocycles. The predicted octanol–water partition coefficient (Wildman–Crippen LogP) is 2.92. The molecule has 27 heavy (non-hydrogen) atoms. The number of rotatable bonds is 9. The van der Waals surface area contributed by atoms with E-state index in [0.717, 1.165) is 18.9 Å². The average molecular weight is 394 g/mol. The molecule has 0 saturated heterocycles. The summed E-state index contributed by atoms with van der Waals surface area (Å²) in [5.74, 6) is -1.12. The van der Waals surface area contributed by atoms with Crippen molar-refractivity contribution in [3.8, 4) is 5.75 Å². The van der Waals surface area contributed by atoms with Crippen LogP contribution < -0.4 is 14.8 Å². The van der Waals surface area contributed by atoms with Crippen molar-refractivity contribution in [2.45, 2.75) is 44.1 Å². The van der Waals surface area contributed by atoms with Crippen molar-refractivity contribution < 1.29 is 23.1 Å². The number of unbranched alkanes of at least 4 members (excludes halogenated alkanes) is 1. The molecule has 1 aliphatic carbocycles. The van der Waals surface area contributed by atoms with E-state index in [2.05, 4.69) is 0 Å². The first kappa shape index (κ1) is 21.0. The van der Waals surface area contributed by atoms with Crippen molar-refractivity contribution in [2.24, 2.45) is 5.14 Å². The molecule has 1 aliphatic rings. The predicted molar refractivity (Wildman–Crippen MR) is 105 cm³/mol. The topological polar surface area (TPSA) is 110 Å². The molecule has 2 rings (SSSR count). The van der Waals surface area contributed by atoms with Crippen LogP contribution in [0.5, 0.6) is 5.75 Å². The summed E-state index contributed by atoms with van der Waals surface area (Å²) in [6.07, 6.45) is 9.51. The quantitative estimate of drug-likeness (QED) is 0.666. The third-order valence-electron chi connectivity index (χ3n) is 4.30. The third kappa shape index (κ3) is 5.33. The summed E-state index contributed by atoms with van der Waals surface area (Å²) in [4.78, 5) is 13.2. The van der Waals surface area contributed by atoms with Gasteiger partial charge in [0.05, 0.1) is 11.3 Å². The van der Waals surface area contributed by atoms with Gasteiger partial charge in [-0.05, 0) is 31.6 Å². The number of ether oxygens (including phenoxy) is 1. The molecule has 7 nitrogen and oxygen atoms in total. The van der Waals surface area contributed by atoms with E-state index in [1.165, 1.54) is 6.07 Å². The van der Waals surface area contributed by atoms with Gasteiger partial charge in [0, 0.05) is 19.5 Å². The number of nitrogens with two attached hydrogens (primary N) is 1. The van der Waals surface area contributed by atoms with Crippen LogP contribution in [0, 0.1) is 0 Å². The lowest BCUT2D eigenvalue weighted by atomic mass is 10.1. The highest BCUT2D eigenvalue weighted by molar-refractivity contribution is 7.89. The van der Waals surface area contributed by atoms with E-state index in [4.69, 9.17) is 9.88 Å². The maximum Gasteiger partial charge on any atom is 0.335 e. The lowest BCUT2D eigenvalue weighted by molar-refractivity contribution is 0.0696. The van der Waals surface area contributed by atoms with Crippen LogP contribution in [0.1, 0.15) is 43.5 Å². The highest BCUT2D eigenvalue weighted by Gasteiger charge is 2.26. The molecule has 1 aromatic rings. The Labute approximate surface area is 160 Å². The van der Waals surface area contributed by atoms with Crippen LogP contribution in [0.3, 0.4) is 0 Å². The standard InChI is InChI=1S/C19H26N2O5S/c1-3-5-11-21(4-2)16-12-14(19(22)23)13-17(27(20,24)25)18(16)26-15-9-7-6-8-10-15/h6-9,12-13,15H,3-5,10-11H2,1-2H3,(H,22,23)(H2,20,24,25). The highest BCUT2D eigenvalue weighted by atomic mass is 32.2. The summed E-state index contributed by atoms with van der Waals surface area (Å²) in [5, 5.41) is 14.8. The number of anilines is 1. The fraction of sp³-hybridized carbons (Fsp3) is 0.421. The first-order chi connectivity index (χ1) is 12.8. The summed E-state index contributed by atoms with van der Waals surface area (Å²) >= 11 is 0. The lowest BCUT2D eigenvalue weighted by Crippen LogP contribution is -2.27. The summed E-state index contributed by atoms with van der Waals surface area (Å²) in [7, 11) is -4.18. The SMILES string of the molecule is CCCCN(CC)c1cc(C(=O)O)cc(S(N)(=O)=O)c1OC1C=CC=CC1. The van der Waals surface area contributed by atoms with Crippen LogP contribution in [-0.2, 0) is 10.0 Å². The van der Waals surface area contributed by atoms with E-state index >= 15 is 0 Å². The Kier molecular flexibility index (Phi) is 7.04. The molecule has 0 bridgehead atoms. The molecule has 1 atom stereocenters. The van der Waals surface area contributed by atoms with Gasteiger partial charge in [-0.2, -0.15) is 0 Å². The number of nitrogens with zero attached hydrogens (tertiary/aromatic N) is 1. The molecular weight excluding hydrogens is 368 g/mol. The Morgan fingerprint density at radius 3 is 2.59 bits per heavy atom. The third-order valence-corrected chi connectivity index (χ3v) is 5.22. The van der Waals surface area contributed by atoms with Crippen molar-refractivity contribution in [3.63, 3.8) is 0 Å². The van der Waals surface area contributed by atoms with E-state index in [1.54, 1.807) is 0 Å². The second-order valence-electron chi connectivity index (χ2n) is 6.31. The number of benzene rings is 1. The minimum absolute atomic E-state index is 0.102. The number of hydrogen-bond donors (Lipinski definition) is 2. The molecule has 1 aromatic carbocycles. The second kappa shape index (κ2) is 9.05. The number of carbonyl (C=O) groups is 1. The molecule has 148 valence electrons. The van der Waals surface area contributed by atoms with Crippen molar-refractivity contribution >= 4 is 21.7 Å². The number of carboxylic acid groups (broad SMARTS) is 1. The normalized spacial score (nSPS) is 16.3. The number of allylic oxidation sites excluding steroid dienone is 2. The van der Waals surface area contributed by atoms with Crippen molar-refractivity contribution in [2.75, 3.05) is 18.0 Å². The van der Waals surface area contributed by atoms with Gasteiger partial charge in [-0.15, -0.1) is 0 Å². The summed E-state index contributed by atoms with van der Waals surface area (Å²) in [5.41, 5.74) is 0.285. The second-order valence-corrected chi connectivity index (χ2v) is 7.84. The van der Waals surface area contributed by atoms with Crippen LogP contribution in [0.15, 0.2) is 41.3 Å². The zero-order valence-electron chi connectivity index (χ0n) is 15.6. The number of aromatic carboxylic acids is 1. The summed E-state index contributed by atoms with van der Waals surface area (Å²) in [6, 6.07) is 2.51. The zero-order chi connectivity index (χ0) is 20.0. The molecule has 1 unspecified atom stereocenters. The summed E-state index contributed by atoms with van der Waals surface area (Å²) < 4.78 is 30.4. The van der Waals surface area contributed by atoms with E-state index in [0.29, 0.717) is 25.2 Å². The maximum absolute atomic E-state index is 12.2. The molecule has 8 heteroatoms. The molecule has 0 fully saturated rings. The van der Waals surface area contributed by atoms with Gasteiger partial charge in [0.25, 0.3) is 0 Å². The van der Waals surface area contributed by atoms with Gasteiger partial charge < -0.3 is 14.7 Å². The van der Waals surface area contributed by atoms with E-state index in [1.807, 2.05) is 43.1 Å². The Hall–Kier alpha value is -2.32. The van der Waals surface area contributed by atoms with Gasteiger partial charge >= 0.3 is 5.97 Å². The van der Waals surface area contributed by atoms with E-state index in [9.17, 15) is 18.3 Å². The molecule has 0 heterocycles. The molecule has 0 radical (unpaired) electrons. The van der Waals surface area contributed by atoms with Gasteiger partial charge in [-0.25, -0.2) is 18.4 Å². The minimum atomic E-state index is -4.18. The van der Waals surface area contributed by atoms with Crippen LogP contribution in [0.25, 0.3) is 0 Å². The van der Waals surface area contributed by atoms with Crippen LogP contribution in [0.2, 0.25) is 0 Å². The Morgan fingerprint density at radius 2 is 2.07 bits per heavy atom. The largest absolute Gasteiger partial charge is 0.482 e. The Bertz CT molecular complexity index is 846. The van der Waals surface area contributed by atoms with Crippen molar-refractivity contribution in [3.05, 3.63) is 42.0 Å². The first-order valence-electron chi connectivity index (χ1n) is 8.97. The first-order valence-corrected chi connectivity index (χ1v) is 10.5. The molecule has 0 aliphatic heterocycles. The number of hydrogen-bond acceptors (Lipinski definition) is 5. The Morgan fingerprint density at radius 1 is 1.33 bits per heavy atom. The Balaban J connectivity index is 2.64. The molecule has 0 aromatic heterocycles. The number of sulfonamides is 1. The van der Waals surface area contributed by atoms with Crippen molar-refractivity contribution in [1.82, 2.24) is 0 Å². The zero-order valence-corrected chi connectivity index (χ0v) is 16.4. The van der Waals surface area contributed by atoms with Crippen molar-refractivity contribution in [1.29, 1.82) is 0 Å². The van der Waals surface area contributed by atoms with E-state index < -0.39 is 16.0 Å². The molecule has 3 N–H and O–H groups in total. The molecule has 0 amide bonds. The molecule has 0 spiro atoms.